The normalized spacial score (nSPS) is 16.2. The Hall–Kier alpha value is -3.60. The molecule has 0 radical (unpaired) electrons. The van der Waals surface area contributed by atoms with E-state index >= 15 is 8.78 Å². The Kier molecular flexibility index (Phi) is 6.23. The van der Waals surface area contributed by atoms with E-state index in [1.54, 1.807) is 23.6 Å². The molecule has 1 aliphatic heterocycles. The highest BCUT2D eigenvalue weighted by Gasteiger charge is 2.28. The summed E-state index contributed by atoms with van der Waals surface area (Å²) >= 11 is 0. The van der Waals surface area contributed by atoms with Gasteiger partial charge in [-0.25, -0.2) is 23.5 Å². The van der Waals surface area contributed by atoms with Gasteiger partial charge in [-0.2, -0.15) is 0 Å². The Morgan fingerprint density at radius 1 is 1.24 bits per heavy atom. The molecule has 4 rings (SSSR count). The summed E-state index contributed by atoms with van der Waals surface area (Å²) < 4.78 is 42.4. The van der Waals surface area contributed by atoms with Crippen molar-refractivity contribution < 1.29 is 27.8 Å². The predicted octanol–water partition coefficient (Wildman–Crippen LogP) is 2.51. The summed E-state index contributed by atoms with van der Waals surface area (Å²) in [4.78, 5) is 34.1. The molecule has 174 valence electrons. The number of carbonyl (C=O) groups excluding carboxylic acids is 2. The second kappa shape index (κ2) is 9.10. The molecule has 0 saturated carbocycles. The van der Waals surface area contributed by atoms with Crippen LogP contribution in [-0.2, 0) is 16.0 Å². The summed E-state index contributed by atoms with van der Waals surface area (Å²) in [5.41, 5.74) is 1.06. The van der Waals surface area contributed by atoms with Crippen molar-refractivity contribution in [3.05, 3.63) is 47.2 Å². The molecule has 0 unspecified atom stereocenters. The fourth-order valence-electron chi connectivity index (χ4n) is 3.87. The highest BCUT2D eigenvalue weighted by molar-refractivity contribution is 5.94. The minimum atomic E-state index is -0.928. The first-order chi connectivity index (χ1) is 15.8. The second-order valence-electron chi connectivity index (χ2n) is 7.64. The van der Waals surface area contributed by atoms with E-state index in [2.05, 4.69) is 15.3 Å². The monoisotopic (exact) mass is 459 g/mol. The Labute approximate surface area is 188 Å². The van der Waals surface area contributed by atoms with Crippen LogP contribution in [-0.4, -0.2) is 71.4 Å². The van der Waals surface area contributed by atoms with Crippen LogP contribution in [0.2, 0.25) is 0 Å². The molecule has 0 aliphatic carbocycles. The first-order valence-electron chi connectivity index (χ1n) is 10.3. The van der Waals surface area contributed by atoms with Crippen LogP contribution in [0.4, 0.5) is 13.6 Å². The predicted molar refractivity (Wildman–Crippen MR) is 115 cm³/mol. The van der Waals surface area contributed by atoms with Gasteiger partial charge in [0.25, 0.3) is 5.91 Å². The smallest absolute Gasteiger partial charge is 0.409 e. The topological polar surface area (TPSA) is 98.6 Å². The maximum Gasteiger partial charge on any atom is 0.409 e. The molecule has 0 bridgehead atoms. The number of halogens is 2. The molecule has 1 N–H and O–H groups in total. The van der Waals surface area contributed by atoms with Crippen molar-refractivity contribution in [3.63, 3.8) is 0 Å². The number of imidazole rings is 1. The van der Waals surface area contributed by atoms with E-state index in [-0.39, 0.29) is 30.0 Å². The number of benzene rings is 1. The highest BCUT2D eigenvalue weighted by atomic mass is 19.1. The van der Waals surface area contributed by atoms with Gasteiger partial charge in [-0.1, -0.05) is 0 Å². The maximum atomic E-state index is 15.1. The Morgan fingerprint density at radius 3 is 2.64 bits per heavy atom. The number of methoxy groups -OCH3 is 1. The van der Waals surface area contributed by atoms with E-state index in [4.69, 9.17) is 9.47 Å². The van der Waals surface area contributed by atoms with Crippen LogP contribution in [0.15, 0.2) is 24.3 Å². The molecule has 0 spiro atoms. The number of carbonyl (C=O) groups is 2. The number of amides is 2. The van der Waals surface area contributed by atoms with Crippen LogP contribution in [0.1, 0.15) is 16.1 Å². The summed E-state index contributed by atoms with van der Waals surface area (Å²) in [6.07, 6.45) is -0.940. The molecule has 3 heterocycles. The SMILES string of the molecule is CNC(=O)c1cc(F)c(-c2nc3nc(C)ccc3n2C[C@H]2CN(C(=O)OC)CCO2)c(F)c1. The summed E-state index contributed by atoms with van der Waals surface area (Å²) in [5, 5.41) is 2.34. The first kappa shape index (κ1) is 22.6. The summed E-state index contributed by atoms with van der Waals surface area (Å²) in [6.45, 7) is 2.87. The van der Waals surface area contributed by atoms with E-state index < -0.39 is 29.7 Å². The molecule has 11 heteroatoms. The zero-order valence-corrected chi connectivity index (χ0v) is 18.4. The third kappa shape index (κ3) is 4.36. The number of ether oxygens (including phenoxy) is 2. The molecule has 3 aromatic rings. The molecule has 1 fully saturated rings. The van der Waals surface area contributed by atoms with E-state index in [1.165, 1.54) is 19.1 Å². The van der Waals surface area contributed by atoms with Gasteiger partial charge < -0.3 is 24.3 Å². The van der Waals surface area contributed by atoms with Gasteiger partial charge in [0.1, 0.15) is 17.5 Å². The lowest BCUT2D eigenvalue weighted by Gasteiger charge is -2.32. The molecule has 2 amide bonds. The van der Waals surface area contributed by atoms with Crippen molar-refractivity contribution in [2.24, 2.45) is 0 Å². The third-order valence-corrected chi connectivity index (χ3v) is 5.46. The van der Waals surface area contributed by atoms with E-state index in [0.29, 0.717) is 30.0 Å². The van der Waals surface area contributed by atoms with Crippen LogP contribution in [0, 0.1) is 18.6 Å². The second-order valence-corrected chi connectivity index (χ2v) is 7.64. The van der Waals surface area contributed by atoms with Crippen LogP contribution < -0.4 is 5.32 Å². The standard InChI is InChI=1S/C22H23F2N5O4/c1-12-4-5-17-19(26-12)27-20(18-15(23)8-13(9-16(18)24)21(30)25-2)29(17)11-14-10-28(6-7-33-14)22(31)32-3/h4-5,8-9,14H,6-7,10-11H2,1-3H3,(H,25,30)/t14-/m1/s1. The van der Waals surface area contributed by atoms with Crippen molar-refractivity contribution in [2.75, 3.05) is 33.9 Å². The minimum Gasteiger partial charge on any atom is -0.453 e. The summed E-state index contributed by atoms with van der Waals surface area (Å²) in [7, 11) is 2.68. The van der Waals surface area contributed by atoms with Crippen molar-refractivity contribution in [3.8, 4) is 11.4 Å². The molecule has 1 atom stereocenters. The molecule has 2 aromatic heterocycles. The fourth-order valence-corrected chi connectivity index (χ4v) is 3.87. The van der Waals surface area contributed by atoms with Crippen molar-refractivity contribution in [2.45, 2.75) is 19.6 Å². The molecular formula is C22H23F2N5O4. The Morgan fingerprint density at radius 2 is 1.97 bits per heavy atom. The van der Waals surface area contributed by atoms with Crippen LogP contribution in [0.5, 0.6) is 0 Å². The summed E-state index contributed by atoms with van der Waals surface area (Å²) in [5.74, 6) is -2.45. The number of hydrogen-bond donors (Lipinski definition) is 1. The van der Waals surface area contributed by atoms with Gasteiger partial charge >= 0.3 is 6.09 Å². The summed E-state index contributed by atoms with van der Waals surface area (Å²) in [6, 6.07) is 5.48. The van der Waals surface area contributed by atoms with Crippen LogP contribution in [0.25, 0.3) is 22.6 Å². The van der Waals surface area contributed by atoms with Crippen molar-refractivity contribution in [1.82, 2.24) is 24.8 Å². The lowest BCUT2D eigenvalue weighted by molar-refractivity contribution is -0.0310. The largest absolute Gasteiger partial charge is 0.453 e. The fraction of sp³-hybridized carbons (Fsp3) is 0.364. The average Bonchev–Trinajstić information content (AvgIpc) is 3.14. The molecule has 1 aromatic carbocycles. The molecule has 1 aliphatic rings. The van der Waals surface area contributed by atoms with Crippen LogP contribution >= 0.6 is 0 Å². The van der Waals surface area contributed by atoms with E-state index in [9.17, 15) is 9.59 Å². The lowest BCUT2D eigenvalue weighted by atomic mass is 10.1. The quantitative estimate of drug-likeness (QED) is 0.644. The van der Waals surface area contributed by atoms with E-state index in [0.717, 1.165) is 12.1 Å². The number of nitrogens with one attached hydrogen (secondary N) is 1. The number of hydrogen-bond acceptors (Lipinski definition) is 6. The average molecular weight is 459 g/mol. The Balaban J connectivity index is 1.79. The Bertz CT molecular complexity index is 1210. The van der Waals surface area contributed by atoms with Gasteiger partial charge in [-0.05, 0) is 31.2 Å². The minimum absolute atomic E-state index is 0.0142. The molecule has 9 nitrogen and oxygen atoms in total. The van der Waals surface area contributed by atoms with Gasteiger partial charge in [0.2, 0.25) is 0 Å². The number of fused-ring (bicyclic) bond motifs is 1. The van der Waals surface area contributed by atoms with Crippen molar-refractivity contribution >= 4 is 23.2 Å². The van der Waals surface area contributed by atoms with Gasteiger partial charge in [0, 0.05) is 24.8 Å². The zero-order chi connectivity index (χ0) is 23.7. The highest BCUT2D eigenvalue weighted by Crippen LogP contribution is 2.30. The maximum absolute atomic E-state index is 15.1. The molecule has 33 heavy (non-hydrogen) atoms. The van der Waals surface area contributed by atoms with Gasteiger partial charge in [0.05, 0.1) is 44.0 Å². The van der Waals surface area contributed by atoms with Crippen molar-refractivity contribution in [1.29, 1.82) is 0 Å². The van der Waals surface area contributed by atoms with Gasteiger partial charge in [-0.3, -0.25) is 4.79 Å². The van der Waals surface area contributed by atoms with Crippen LogP contribution in [0.3, 0.4) is 0 Å². The van der Waals surface area contributed by atoms with Gasteiger partial charge in [0.15, 0.2) is 5.65 Å². The number of aryl methyl sites for hydroxylation is 1. The number of pyridine rings is 1. The molecule has 1 saturated heterocycles. The molecular weight excluding hydrogens is 436 g/mol. The van der Waals surface area contributed by atoms with E-state index in [1.807, 2.05) is 0 Å². The van der Waals surface area contributed by atoms with Gasteiger partial charge in [-0.15, -0.1) is 0 Å². The number of nitrogens with zero attached hydrogens (tertiary/aromatic N) is 4. The lowest BCUT2D eigenvalue weighted by Crippen LogP contribution is -2.47. The number of aromatic nitrogens is 3. The number of rotatable bonds is 4. The zero-order valence-electron chi connectivity index (χ0n) is 18.4. The first-order valence-corrected chi connectivity index (χ1v) is 10.3. The number of morpholine rings is 1. The third-order valence-electron chi connectivity index (χ3n) is 5.46.